The molecule has 0 aliphatic carbocycles. The number of nitrogens with zero attached hydrogens (tertiary/aromatic N) is 2. The number of carbonyl (C=O) groups excluding carboxylic acids is 2. The number of carbonyl (C=O) groups is 2. The van der Waals surface area contributed by atoms with Crippen LogP contribution in [0.5, 0.6) is 5.75 Å². The summed E-state index contributed by atoms with van der Waals surface area (Å²) in [5, 5.41) is 16.7. The summed E-state index contributed by atoms with van der Waals surface area (Å²) in [5.74, 6) is 0.369. The molecule has 0 atom stereocenters. The van der Waals surface area contributed by atoms with Gasteiger partial charge in [-0.2, -0.15) is 0 Å². The number of ether oxygens (including phenoxy) is 1. The Labute approximate surface area is 160 Å². The predicted molar refractivity (Wildman–Crippen MR) is 103 cm³/mol. The number of para-hydroxylation sites is 2. The zero-order valence-electron chi connectivity index (χ0n) is 15.0. The van der Waals surface area contributed by atoms with E-state index in [9.17, 15) is 9.59 Å². The van der Waals surface area contributed by atoms with Crippen LogP contribution in [0.15, 0.2) is 28.6 Å². The van der Waals surface area contributed by atoms with E-state index in [-0.39, 0.29) is 5.75 Å². The van der Waals surface area contributed by atoms with Gasteiger partial charge in [0.05, 0.1) is 18.6 Å². The van der Waals surface area contributed by atoms with Crippen LogP contribution in [0.4, 0.5) is 15.6 Å². The minimum absolute atomic E-state index is 0.0703. The Bertz CT molecular complexity index is 773. The average Bonchev–Trinajstić information content (AvgIpc) is 2.99. The highest BCUT2D eigenvalue weighted by Crippen LogP contribution is 2.31. The van der Waals surface area contributed by atoms with Crippen molar-refractivity contribution in [3.63, 3.8) is 0 Å². The molecule has 0 bridgehead atoms. The Kier molecular flexibility index (Phi) is 6.81. The molecule has 140 valence electrons. The summed E-state index contributed by atoms with van der Waals surface area (Å²) in [6, 6.07) is 6.95. The number of hydrogen-bond donors (Lipinski definition) is 3. The zero-order chi connectivity index (χ0) is 19.2. The van der Waals surface area contributed by atoms with Gasteiger partial charge in [-0.3, -0.25) is 10.1 Å². The van der Waals surface area contributed by atoms with Gasteiger partial charge < -0.3 is 15.4 Å². The van der Waals surface area contributed by atoms with Crippen LogP contribution in [0.2, 0.25) is 0 Å². The topological polar surface area (TPSA) is 105 Å². The van der Waals surface area contributed by atoms with Crippen LogP contribution in [0.25, 0.3) is 0 Å². The summed E-state index contributed by atoms with van der Waals surface area (Å²) in [6.45, 7) is 5.51. The Hall–Kier alpha value is -2.33. The first-order chi connectivity index (χ1) is 12.3. The van der Waals surface area contributed by atoms with Gasteiger partial charge in [0, 0.05) is 5.54 Å². The first kappa shape index (κ1) is 20.0. The monoisotopic (exact) mass is 395 g/mol. The maximum atomic E-state index is 11.8. The highest BCUT2D eigenvalue weighted by atomic mass is 32.2. The van der Waals surface area contributed by atoms with E-state index >= 15 is 0 Å². The van der Waals surface area contributed by atoms with E-state index in [1.54, 1.807) is 7.11 Å². The molecule has 10 heteroatoms. The third kappa shape index (κ3) is 6.52. The lowest BCUT2D eigenvalue weighted by atomic mass is 10.1. The van der Waals surface area contributed by atoms with Gasteiger partial charge in [-0.25, -0.2) is 4.79 Å². The van der Waals surface area contributed by atoms with Gasteiger partial charge in [0.1, 0.15) is 5.75 Å². The van der Waals surface area contributed by atoms with Crippen molar-refractivity contribution in [2.24, 2.45) is 0 Å². The molecule has 0 spiro atoms. The van der Waals surface area contributed by atoms with Gasteiger partial charge >= 0.3 is 6.03 Å². The van der Waals surface area contributed by atoms with Crippen LogP contribution < -0.4 is 20.7 Å². The molecule has 0 aliphatic rings. The lowest BCUT2D eigenvalue weighted by molar-refractivity contribution is -0.117. The molecule has 0 fully saturated rings. The quantitative estimate of drug-likeness (QED) is 0.646. The molecule has 0 radical (unpaired) electrons. The number of rotatable bonds is 6. The number of aromatic nitrogens is 2. The summed E-state index contributed by atoms with van der Waals surface area (Å²) in [6.07, 6.45) is 0. The second kappa shape index (κ2) is 8.86. The number of nitrogens with one attached hydrogen (secondary N) is 3. The lowest BCUT2D eigenvalue weighted by Crippen LogP contribution is -2.48. The Balaban J connectivity index is 1.85. The van der Waals surface area contributed by atoms with Crippen LogP contribution in [-0.4, -0.2) is 40.5 Å². The summed E-state index contributed by atoms with van der Waals surface area (Å²) in [7, 11) is 1.59. The van der Waals surface area contributed by atoms with E-state index in [1.165, 1.54) is 23.1 Å². The highest BCUT2D eigenvalue weighted by Gasteiger charge is 2.16. The normalized spacial score (nSPS) is 10.9. The molecule has 2 rings (SSSR count). The third-order valence-electron chi connectivity index (χ3n) is 2.82. The average molecular weight is 396 g/mol. The maximum absolute atomic E-state index is 11.8. The van der Waals surface area contributed by atoms with Crippen LogP contribution in [0.3, 0.4) is 0 Å². The van der Waals surface area contributed by atoms with Gasteiger partial charge in [-0.05, 0) is 32.9 Å². The minimum atomic E-state index is -0.515. The number of benzene rings is 1. The van der Waals surface area contributed by atoms with Crippen molar-refractivity contribution in [1.29, 1.82) is 0 Å². The van der Waals surface area contributed by atoms with Crippen molar-refractivity contribution in [2.45, 2.75) is 30.6 Å². The summed E-state index contributed by atoms with van der Waals surface area (Å²) < 4.78 is 5.89. The standard InChI is InChI=1S/C16H21N5O3S2/c1-16(2,3)19-13(23)18-12(22)9-25-15-21-20-14(26-15)17-10-7-5-6-8-11(10)24-4/h5-8H,9H2,1-4H3,(H,17,20)(H2,18,19,22,23). The molecule has 0 saturated heterocycles. The van der Waals surface area contributed by atoms with Crippen LogP contribution >= 0.6 is 23.1 Å². The first-order valence-corrected chi connectivity index (χ1v) is 9.55. The number of amides is 3. The molecule has 2 aromatic rings. The highest BCUT2D eigenvalue weighted by molar-refractivity contribution is 8.01. The molecule has 3 N–H and O–H groups in total. The summed E-state index contributed by atoms with van der Waals surface area (Å²) in [5.41, 5.74) is 0.370. The van der Waals surface area contributed by atoms with Gasteiger partial charge in [-0.1, -0.05) is 35.2 Å². The molecular formula is C16H21N5O3S2. The Morgan fingerprint density at radius 1 is 1.23 bits per heavy atom. The minimum Gasteiger partial charge on any atom is -0.495 e. The van der Waals surface area contributed by atoms with E-state index in [0.717, 1.165) is 5.69 Å². The van der Waals surface area contributed by atoms with Crippen molar-refractivity contribution in [3.05, 3.63) is 24.3 Å². The zero-order valence-corrected chi connectivity index (χ0v) is 16.6. The van der Waals surface area contributed by atoms with Crippen molar-refractivity contribution >= 4 is 45.9 Å². The van der Waals surface area contributed by atoms with E-state index in [0.29, 0.717) is 15.2 Å². The molecule has 8 nitrogen and oxygen atoms in total. The van der Waals surface area contributed by atoms with Crippen LogP contribution in [0.1, 0.15) is 20.8 Å². The smallest absolute Gasteiger partial charge is 0.321 e. The van der Waals surface area contributed by atoms with Crippen LogP contribution in [0, 0.1) is 0 Å². The largest absolute Gasteiger partial charge is 0.495 e. The van der Waals surface area contributed by atoms with E-state index in [4.69, 9.17) is 4.74 Å². The van der Waals surface area contributed by atoms with Crippen molar-refractivity contribution in [1.82, 2.24) is 20.8 Å². The fraction of sp³-hybridized carbons (Fsp3) is 0.375. The molecule has 26 heavy (non-hydrogen) atoms. The van der Waals surface area contributed by atoms with E-state index in [2.05, 4.69) is 26.1 Å². The molecule has 1 aromatic heterocycles. The second-order valence-corrected chi connectivity index (χ2v) is 8.44. The molecule has 1 heterocycles. The number of urea groups is 1. The molecular weight excluding hydrogens is 374 g/mol. The summed E-state index contributed by atoms with van der Waals surface area (Å²) >= 11 is 2.52. The van der Waals surface area contributed by atoms with Gasteiger partial charge in [0.25, 0.3) is 0 Å². The number of hydrogen-bond acceptors (Lipinski definition) is 8. The molecule has 0 saturated carbocycles. The Morgan fingerprint density at radius 2 is 1.96 bits per heavy atom. The van der Waals surface area contributed by atoms with Crippen LogP contribution in [-0.2, 0) is 4.79 Å². The first-order valence-electron chi connectivity index (χ1n) is 7.75. The van der Waals surface area contributed by atoms with E-state index in [1.807, 2.05) is 45.0 Å². The number of imide groups is 1. The molecule has 1 aromatic carbocycles. The molecule has 3 amide bonds. The predicted octanol–water partition coefficient (Wildman–Crippen LogP) is 3.01. The molecule has 0 aliphatic heterocycles. The van der Waals surface area contributed by atoms with Crippen molar-refractivity contribution in [3.8, 4) is 5.75 Å². The van der Waals surface area contributed by atoms with Gasteiger partial charge in [0.2, 0.25) is 11.0 Å². The van der Waals surface area contributed by atoms with E-state index < -0.39 is 17.5 Å². The SMILES string of the molecule is COc1ccccc1Nc1nnc(SCC(=O)NC(=O)NC(C)(C)C)s1. The number of methoxy groups -OCH3 is 1. The Morgan fingerprint density at radius 3 is 2.65 bits per heavy atom. The lowest BCUT2D eigenvalue weighted by Gasteiger charge is -2.20. The molecule has 0 unspecified atom stereocenters. The number of thioether (sulfide) groups is 1. The fourth-order valence-corrected chi connectivity index (χ4v) is 3.41. The van der Waals surface area contributed by atoms with Gasteiger partial charge in [0.15, 0.2) is 4.34 Å². The van der Waals surface area contributed by atoms with Gasteiger partial charge in [-0.15, -0.1) is 10.2 Å². The maximum Gasteiger partial charge on any atom is 0.321 e. The second-order valence-electron chi connectivity index (χ2n) is 6.24. The van der Waals surface area contributed by atoms with Crippen molar-refractivity contribution < 1.29 is 14.3 Å². The third-order valence-corrected chi connectivity index (χ3v) is 4.80. The van der Waals surface area contributed by atoms with Crippen molar-refractivity contribution in [2.75, 3.05) is 18.2 Å². The summed E-state index contributed by atoms with van der Waals surface area (Å²) in [4.78, 5) is 23.5. The number of anilines is 2. The fourth-order valence-electron chi connectivity index (χ4n) is 1.84.